The van der Waals surface area contributed by atoms with Gasteiger partial charge in [0.1, 0.15) is 0 Å². The van der Waals surface area contributed by atoms with Crippen molar-refractivity contribution in [3.63, 3.8) is 0 Å². The number of nitrogens with one attached hydrogen (secondary N) is 2. The fourth-order valence-corrected chi connectivity index (χ4v) is 8.94. The Bertz CT molecular complexity index is 1260. The number of fused-ring (bicyclic) bond motifs is 2. The lowest BCUT2D eigenvalue weighted by atomic mass is 9.65. The maximum Gasteiger partial charge on any atom is 0.258 e. The molecule has 212 valence electrons. The van der Waals surface area contributed by atoms with Crippen molar-refractivity contribution in [1.29, 1.82) is 0 Å². The molecular weight excluding hydrogens is 542 g/mol. The van der Waals surface area contributed by atoms with E-state index in [1.807, 2.05) is 42.5 Å². The van der Waals surface area contributed by atoms with Gasteiger partial charge in [0.05, 0.1) is 0 Å². The Morgan fingerprint density at radius 2 is 1.40 bits per heavy atom. The molecule has 1 saturated carbocycles. The van der Waals surface area contributed by atoms with Gasteiger partial charge in [0.25, 0.3) is 17.7 Å². The minimum Gasteiger partial charge on any atom is -0.335 e. The number of amides is 3. The maximum absolute atomic E-state index is 14.4. The van der Waals surface area contributed by atoms with Crippen LogP contribution in [0.25, 0.3) is 0 Å². The van der Waals surface area contributed by atoms with Crippen LogP contribution in [0.2, 0.25) is 0 Å². The second-order valence-electron chi connectivity index (χ2n) is 12.6. The van der Waals surface area contributed by atoms with Crippen molar-refractivity contribution in [3.8, 4) is 0 Å². The van der Waals surface area contributed by atoms with Gasteiger partial charge in [-0.25, -0.2) is 9.44 Å². The van der Waals surface area contributed by atoms with Crippen molar-refractivity contribution >= 4 is 42.0 Å². The average Bonchev–Trinajstić information content (AvgIpc) is 3.70. The third-order valence-electron chi connectivity index (χ3n) is 8.73. The highest BCUT2D eigenvalue weighted by Gasteiger charge is 2.55. The van der Waals surface area contributed by atoms with Crippen LogP contribution >= 0.6 is 24.3 Å². The van der Waals surface area contributed by atoms with E-state index in [0.717, 1.165) is 25.8 Å². The van der Waals surface area contributed by atoms with E-state index in [1.165, 1.54) is 24.3 Å². The van der Waals surface area contributed by atoms with Crippen LogP contribution in [0, 0.1) is 10.8 Å². The SMILES string of the molecule is CC1(C)CC2CC(C)(CN2C(=O)c2ccc(C(C(=O)N3CCNS3)(C(=O)N3CCNS3)c3ccccc3)cc2)C1. The zero-order valence-electron chi connectivity index (χ0n) is 23.3. The molecule has 6 rings (SSSR count). The van der Waals surface area contributed by atoms with Gasteiger partial charge in [0, 0.05) is 68.6 Å². The predicted octanol–water partition coefficient (Wildman–Crippen LogP) is 4.00. The van der Waals surface area contributed by atoms with Gasteiger partial charge in [-0.05, 0) is 53.4 Å². The van der Waals surface area contributed by atoms with Crippen molar-refractivity contribution in [2.75, 3.05) is 32.7 Å². The molecule has 2 unspecified atom stereocenters. The Balaban J connectivity index is 1.40. The molecule has 4 fully saturated rings. The van der Waals surface area contributed by atoms with Crippen molar-refractivity contribution in [1.82, 2.24) is 23.0 Å². The first-order valence-electron chi connectivity index (χ1n) is 14.0. The van der Waals surface area contributed by atoms with Crippen LogP contribution in [0.3, 0.4) is 0 Å². The van der Waals surface area contributed by atoms with E-state index >= 15 is 0 Å². The lowest BCUT2D eigenvalue weighted by Crippen LogP contribution is -2.54. The fraction of sp³-hybridized carbons (Fsp3) is 0.500. The summed E-state index contributed by atoms with van der Waals surface area (Å²) in [6, 6.07) is 16.8. The number of nitrogens with zero attached hydrogens (tertiary/aromatic N) is 3. The molecule has 0 aromatic heterocycles. The van der Waals surface area contributed by atoms with Gasteiger partial charge in [-0.3, -0.25) is 23.0 Å². The second-order valence-corrected chi connectivity index (χ2v) is 14.4. The van der Waals surface area contributed by atoms with Crippen LogP contribution in [0.1, 0.15) is 61.5 Å². The predicted molar refractivity (Wildman–Crippen MR) is 159 cm³/mol. The van der Waals surface area contributed by atoms with E-state index in [2.05, 4.69) is 35.1 Å². The minimum atomic E-state index is -1.58. The Morgan fingerprint density at radius 1 is 0.825 bits per heavy atom. The molecule has 0 spiro atoms. The Labute approximate surface area is 245 Å². The number of carbonyl (C=O) groups excluding carboxylic acids is 3. The molecule has 3 amide bonds. The summed E-state index contributed by atoms with van der Waals surface area (Å²) in [4.78, 5) is 44.7. The number of rotatable bonds is 5. The van der Waals surface area contributed by atoms with Crippen molar-refractivity contribution < 1.29 is 14.4 Å². The first-order chi connectivity index (χ1) is 19.1. The highest BCUT2D eigenvalue weighted by atomic mass is 32.2. The summed E-state index contributed by atoms with van der Waals surface area (Å²) in [5, 5.41) is 0. The largest absolute Gasteiger partial charge is 0.335 e. The smallest absolute Gasteiger partial charge is 0.258 e. The summed E-state index contributed by atoms with van der Waals surface area (Å²) in [6.07, 6.45) is 3.18. The maximum atomic E-state index is 14.4. The molecule has 2 N–H and O–H groups in total. The van der Waals surface area contributed by atoms with Crippen LogP contribution in [0.5, 0.6) is 0 Å². The van der Waals surface area contributed by atoms with Gasteiger partial charge >= 0.3 is 0 Å². The van der Waals surface area contributed by atoms with Gasteiger partial charge in [-0.2, -0.15) is 0 Å². The molecule has 3 heterocycles. The number of hydrogen-bond acceptors (Lipinski definition) is 7. The molecule has 40 heavy (non-hydrogen) atoms. The Morgan fingerprint density at radius 3 is 1.95 bits per heavy atom. The molecule has 2 aromatic rings. The Hall–Kier alpha value is -2.53. The van der Waals surface area contributed by atoms with E-state index in [9.17, 15) is 14.4 Å². The molecule has 2 bridgehead atoms. The third kappa shape index (κ3) is 4.72. The molecule has 10 heteroatoms. The van der Waals surface area contributed by atoms with E-state index in [0.29, 0.717) is 42.9 Å². The van der Waals surface area contributed by atoms with Gasteiger partial charge in [0.2, 0.25) is 0 Å². The van der Waals surface area contributed by atoms with Gasteiger partial charge in [-0.1, -0.05) is 63.2 Å². The van der Waals surface area contributed by atoms with Crippen LogP contribution in [-0.4, -0.2) is 70.0 Å². The summed E-state index contributed by atoms with van der Waals surface area (Å²) in [5.41, 5.74) is 0.562. The molecule has 1 aliphatic carbocycles. The topological polar surface area (TPSA) is 85.0 Å². The summed E-state index contributed by atoms with van der Waals surface area (Å²) in [7, 11) is 0. The van der Waals surface area contributed by atoms with E-state index in [4.69, 9.17) is 0 Å². The molecule has 3 aliphatic heterocycles. The second kappa shape index (κ2) is 10.4. The molecule has 2 aromatic carbocycles. The summed E-state index contributed by atoms with van der Waals surface area (Å²) in [5.74, 6) is -0.540. The molecule has 0 radical (unpaired) electrons. The van der Waals surface area contributed by atoms with Crippen molar-refractivity contribution in [2.24, 2.45) is 10.8 Å². The van der Waals surface area contributed by atoms with Gasteiger partial charge in [0.15, 0.2) is 5.41 Å². The highest BCUT2D eigenvalue weighted by molar-refractivity contribution is 7.96. The van der Waals surface area contributed by atoms with Crippen LogP contribution in [-0.2, 0) is 15.0 Å². The highest BCUT2D eigenvalue weighted by Crippen LogP contribution is 2.52. The normalized spacial score (nSPS) is 25.9. The Kier molecular flexibility index (Phi) is 7.17. The first-order valence-corrected chi connectivity index (χ1v) is 15.6. The van der Waals surface area contributed by atoms with Crippen molar-refractivity contribution in [2.45, 2.75) is 51.5 Å². The molecule has 2 atom stereocenters. The first kappa shape index (κ1) is 27.6. The minimum absolute atomic E-state index is 0.0273. The van der Waals surface area contributed by atoms with E-state index in [1.54, 1.807) is 20.7 Å². The molecule has 4 aliphatic rings. The van der Waals surface area contributed by atoms with Crippen LogP contribution in [0.4, 0.5) is 0 Å². The van der Waals surface area contributed by atoms with Crippen molar-refractivity contribution in [3.05, 3.63) is 71.3 Å². The lowest BCUT2D eigenvalue weighted by molar-refractivity contribution is -0.141. The number of likely N-dealkylation sites (tertiary alicyclic amines) is 1. The molecule has 3 saturated heterocycles. The fourth-order valence-electron chi connectivity index (χ4n) is 7.46. The standard InChI is InChI=1S/C30H37N5O3S2/c1-28(2)17-24-18-29(3,19-28)20-33(24)25(36)21-9-11-23(12-10-21)30(22-7-5-4-6-8-22,26(37)34-15-13-31-39-34)27(38)35-16-14-32-40-35/h4-12,24,31-32H,13-20H2,1-3H3. The lowest BCUT2D eigenvalue weighted by Gasteiger charge is -2.39. The quantitative estimate of drug-likeness (QED) is 0.409. The average molecular weight is 580 g/mol. The van der Waals surface area contributed by atoms with Gasteiger partial charge < -0.3 is 4.90 Å². The zero-order valence-corrected chi connectivity index (χ0v) is 24.9. The summed E-state index contributed by atoms with van der Waals surface area (Å²) < 4.78 is 9.58. The zero-order chi connectivity index (χ0) is 28.1. The van der Waals surface area contributed by atoms with Gasteiger partial charge in [-0.15, -0.1) is 0 Å². The summed E-state index contributed by atoms with van der Waals surface area (Å²) >= 11 is 2.48. The number of benzene rings is 2. The molecule has 8 nitrogen and oxygen atoms in total. The molecular formula is C30H37N5O3S2. The number of hydrogen-bond donors (Lipinski definition) is 2. The monoisotopic (exact) mass is 579 g/mol. The van der Waals surface area contributed by atoms with Crippen LogP contribution in [0.15, 0.2) is 54.6 Å². The van der Waals surface area contributed by atoms with Crippen LogP contribution < -0.4 is 9.44 Å². The number of carbonyl (C=O) groups is 3. The summed E-state index contributed by atoms with van der Waals surface area (Å²) in [6.45, 7) is 9.98. The van der Waals surface area contributed by atoms with E-state index < -0.39 is 5.41 Å². The third-order valence-corrected chi connectivity index (χ3v) is 10.5. The van der Waals surface area contributed by atoms with E-state index in [-0.39, 0.29) is 34.6 Å².